The lowest BCUT2D eigenvalue weighted by atomic mass is 10.0. The van der Waals surface area contributed by atoms with Gasteiger partial charge in [0.2, 0.25) is 0 Å². The van der Waals surface area contributed by atoms with Gasteiger partial charge in [0.1, 0.15) is 0 Å². The molecule has 0 aromatic carbocycles. The van der Waals surface area contributed by atoms with Gasteiger partial charge in [0.25, 0.3) is 5.91 Å². The van der Waals surface area contributed by atoms with E-state index in [-0.39, 0.29) is 5.91 Å². The highest BCUT2D eigenvalue weighted by Gasteiger charge is 2.26. The molecule has 0 saturated carbocycles. The molecule has 1 aliphatic heterocycles. The summed E-state index contributed by atoms with van der Waals surface area (Å²) in [5.41, 5.74) is 0. The maximum Gasteiger partial charge on any atom is 0.289 e. The van der Waals surface area contributed by atoms with Crippen LogP contribution in [0.3, 0.4) is 0 Å². The first-order valence-electron chi connectivity index (χ1n) is 5.67. The smallest absolute Gasteiger partial charge is 0.289 e. The lowest BCUT2D eigenvalue weighted by Gasteiger charge is -2.35. The van der Waals surface area contributed by atoms with Crippen LogP contribution in [0.25, 0.3) is 0 Å². The Morgan fingerprint density at radius 3 is 3.06 bits per heavy atom. The monoisotopic (exact) mass is 222 g/mol. The zero-order chi connectivity index (χ0) is 11.5. The van der Waals surface area contributed by atoms with E-state index in [4.69, 9.17) is 4.42 Å². The van der Waals surface area contributed by atoms with E-state index in [0.717, 1.165) is 25.9 Å². The van der Waals surface area contributed by atoms with Crippen LogP contribution in [0.5, 0.6) is 0 Å². The molecular formula is C12H18N2O2. The highest BCUT2D eigenvalue weighted by Crippen LogP contribution is 2.16. The molecular weight excluding hydrogens is 204 g/mol. The third-order valence-electron chi connectivity index (χ3n) is 3.20. The standard InChI is InChI=1S/C12H18N2O2/c1-13-7-3-5-10(9-13)14(2)12(15)11-6-4-8-16-11/h4,6,8,10H,3,5,7,9H2,1-2H3. The minimum absolute atomic E-state index is 0.0229. The second-order valence-corrected chi connectivity index (χ2v) is 4.45. The van der Waals surface area contributed by atoms with E-state index in [2.05, 4.69) is 11.9 Å². The van der Waals surface area contributed by atoms with Crippen molar-refractivity contribution in [2.24, 2.45) is 0 Å². The highest BCUT2D eigenvalue weighted by atomic mass is 16.3. The molecule has 2 rings (SSSR count). The summed E-state index contributed by atoms with van der Waals surface area (Å²) >= 11 is 0. The highest BCUT2D eigenvalue weighted by molar-refractivity contribution is 5.91. The van der Waals surface area contributed by atoms with Crippen molar-refractivity contribution in [1.82, 2.24) is 9.80 Å². The minimum atomic E-state index is -0.0229. The van der Waals surface area contributed by atoms with E-state index in [1.165, 1.54) is 6.26 Å². The van der Waals surface area contributed by atoms with Gasteiger partial charge in [-0.2, -0.15) is 0 Å². The number of rotatable bonds is 2. The van der Waals surface area contributed by atoms with Crippen LogP contribution < -0.4 is 0 Å². The number of hydrogen-bond acceptors (Lipinski definition) is 3. The average molecular weight is 222 g/mol. The van der Waals surface area contributed by atoms with Crippen molar-refractivity contribution in [2.45, 2.75) is 18.9 Å². The van der Waals surface area contributed by atoms with Crippen LogP contribution >= 0.6 is 0 Å². The van der Waals surface area contributed by atoms with Crippen molar-refractivity contribution >= 4 is 5.91 Å². The Hall–Kier alpha value is -1.29. The molecule has 1 atom stereocenters. The Labute approximate surface area is 95.8 Å². The molecule has 1 aromatic heterocycles. The van der Waals surface area contributed by atoms with Gasteiger partial charge in [-0.25, -0.2) is 0 Å². The molecule has 0 bridgehead atoms. The zero-order valence-corrected chi connectivity index (χ0v) is 9.85. The predicted molar refractivity (Wildman–Crippen MR) is 61.3 cm³/mol. The second kappa shape index (κ2) is 4.70. The van der Waals surface area contributed by atoms with E-state index >= 15 is 0 Å². The summed E-state index contributed by atoms with van der Waals surface area (Å²) in [5, 5.41) is 0. The zero-order valence-electron chi connectivity index (χ0n) is 9.85. The molecule has 88 valence electrons. The molecule has 16 heavy (non-hydrogen) atoms. The molecule has 0 spiro atoms. The van der Waals surface area contributed by atoms with Gasteiger partial charge in [-0.05, 0) is 38.6 Å². The van der Waals surface area contributed by atoms with Crippen molar-refractivity contribution in [3.63, 3.8) is 0 Å². The second-order valence-electron chi connectivity index (χ2n) is 4.45. The topological polar surface area (TPSA) is 36.7 Å². The largest absolute Gasteiger partial charge is 0.459 e. The van der Waals surface area contributed by atoms with Crippen molar-refractivity contribution in [2.75, 3.05) is 27.2 Å². The van der Waals surface area contributed by atoms with Crippen molar-refractivity contribution in [1.29, 1.82) is 0 Å². The van der Waals surface area contributed by atoms with Gasteiger partial charge in [0.15, 0.2) is 5.76 Å². The van der Waals surface area contributed by atoms with Crippen LogP contribution in [0.4, 0.5) is 0 Å². The number of amides is 1. The maximum atomic E-state index is 12.0. The number of carbonyl (C=O) groups excluding carboxylic acids is 1. The van der Waals surface area contributed by atoms with E-state index in [9.17, 15) is 4.79 Å². The fraction of sp³-hybridized carbons (Fsp3) is 0.583. The lowest BCUT2D eigenvalue weighted by molar-refractivity contribution is 0.0613. The van der Waals surface area contributed by atoms with Crippen molar-refractivity contribution in [3.05, 3.63) is 24.2 Å². The molecule has 4 nitrogen and oxygen atoms in total. The van der Waals surface area contributed by atoms with Gasteiger partial charge in [0.05, 0.1) is 6.26 Å². The van der Waals surface area contributed by atoms with Gasteiger partial charge in [-0.3, -0.25) is 4.79 Å². The van der Waals surface area contributed by atoms with Crippen molar-refractivity contribution < 1.29 is 9.21 Å². The SMILES string of the molecule is CN1CCCC(N(C)C(=O)c2ccco2)C1. The van der Waals surface area contributed by atoms with Gasteiger partial charge < -0.3 is 14.2 Å². The first kappa shape index (κ1) is 11.2. The third-order valence-corrected chi connectivity index (χ3v) is 3.20. The van der Waals surface area contributed by atoms with Crippen LogP contribution in [0.1, 0.15) is 23.4 Å². The van der Waals surface area contributed by atoms with Crippen LogP contribution in [0.2, 0.25) is 0 Å². The fourth-order valence-electron chi connectivity index (χ4n) is 2.20. The van der Waals surface area contributed by atoms with Crippen molar-refractivity contribution in [3.8, 4) is 0 Å². The third kappa shape index (κ3) is 2.27. The molecule has 1 amide bonds. The normalized spacial score (nSPS) is 22.0. The number of likely N-dealkylation sites (tertiary alicyclic amines) is 1. The molecule has 1 aromatic rings. The first-order chi connectivity index (χ1) is 7.68. The van der Waals surface area contributed by atoms with Crippen LogP contribution in [-0.4, -0.2) is 48.9 Å². The van der Waals surface area contributed by atoms with E-state index in [1.54, 1.807) is 17.0 Å². The van der Waals surface area contributed by atoms with Crippen LogP contribution in [-0.2, 0) is 0 Å². The first-order valence-corrected chi connectivity index (χ1v) is 5.67. The van der Waals surface area contributed by atoms with E-state index in [0.29, 0.717) is 11.8 Å². The molecule has 0 N–H and O–H groups in total. The van der Waals surface area contributed by atoms with Gasteiger partial charge in [-0.15, -0.1) is 0 Å². The number of nitrogens with zero attached hydrogens (tertiary/aromatic N) is 2. The summed E-state index contributed by atoms with van der Waals surface area (Å²) in [6.45, 7) is 2.07. The van der Waals surface area contributed by atoms with Crippen LogP contribution in [0.15, 0.2) is 22.8 Å². The molecule has 0 aliphatic carbocycles. The number of piperidine rings is 1. The average Bonchev–Trinajstić information content (AvgIpc) is 2.80. The molecule has 0 radical (unpaired) electrons. The Bertz CT molecular complexity index is 348. The molecule has 1 fully saturated rings. The number of hydrogen-bond donors (Lipinski definition) is 0. The van der Waals surface area contributed by atoms with Gasteiger partial charge in [-0.1, -0.05) is 0 Å². The Kier molecular flexibility index (Phi) is 3.29. The number of likely N-dealkylation sites (N-methyl/N-ethyl adjacent to an activating group) is 2. The van der Waals surface area contributed by atoms with Gasteiger partial charge in [0, 0.05) is 19.6 Å². The Morgan fingerprint density at radius 2 is 2.44 bits per heavy atom. The summed E-state index contributed by atoms with van der Waals surface area (Å²) < 4.78 is 5.13. The van der Waals surface area contributed by atoms with Gasteiger partial charge >= 0.3 is 0 Å². The Balaban J connectivity index is 2.01. The number of furan rings is 1. The molecule has 4 heteroatoms. The number of carbonyl (C=O) groups is 1. The summed E-state index contributed by atoms with van der Waals surface area (Å²) in [7, 11) is 3.95. The maximum absolute atomic E-state index is 12.0. The van der Waals surface area contributed by atoms with E-state index in [1.807, 2.05) is 7.05 Å². The fourth-order valence-corrected chi connectivity index (χ4v) is 2.20. The molecule has 1 aliphatic rings. The quantitative estimate of drug-likeness (QED) is 0.760. The molecule has 1 saturated heterocycles. The molecule has 1 unspecified atom stereocenters. The summed E-state index contributed by atoms with van der Waals surface area (Å²) in [5.74, 6) is 0.404. The lowest BCUT2D eigenvalue weighted by Crippen LogP contribution is -2.47. The predicted octanol–water partition coefficient (Wildman–Crippen LogP) is 1.45. The summed E-state index contributed by atoms with van der Waals surface area (Å²) in [6.07, 6.45) is 3.76. The van der Waals surface area contributed by atoms with E-state index < -0.39 is 0 Å². The molecule has 2 heterocycles. The minimum Gasteiger partial charge on any atom is -0.459 e. The van der Waals surface area contributed by atoms with Crippen LogP contribution in [0, 0.1) is 0 Å². The summed E-state index contributed by atoms with van der Waals surface area (Å²) in [4.78, 5) is 16.1. The Morgan fingerprint density at radius 1 is 1.62 bits per heavy atom. The summed E-state index contributed by atoms with van der Waals surface area (Å²) in [6, 6.07) is 3.76.